The number of carbonyl (C=O) groups is 2. The fourth-order valence-electron chi connectivity index (χ4n) is 1.55. The number of primary amides is 1. The van der Waals surface area contributed by atoms with Gasteiger partial charge < -0.3 is 10.5 Å². The molecule has 0 saturated heterocycles. The topological polar surface area (TPSA) is 74.3 Å². The smallest absolute Gasteiger partial charge is 0.418 e. The van der Waals surface area contributed by atoms with Gasteiger partial charge in [-0.05, 0) is 24.3 Å². The number of methoxy groups -OCH3 is 1. The van der Waals surface area contributed by atoms with E-state index in [1.807, 2.05) is 0 Å². The van der Waals surface area contributed by atoms with E-state index in [0.717, 1.165) is 5.39 Å². The van der Waals surface area contributed by atoms with Gasteiger partial charge in [0.25, 0.3) is 0 Å². The third-order valence-electron chi connectivity index (χ3n) is 2.35. The Morgan fingerprint density at radius 2 is 2.06 bits per heavy atom. The first kappa shape index (κ1) is 10.2. The molecule has 16 heavy (non-hydrogen) atoms. The molecule has 0 radical (unpaired) electrons. The molecule has 1 aromatic heterocycles. The molecule has 0 aliphatic rings. The Hall–Kier alpha value is -2.30. The van der Waals surface area contributed by atoms with E-state index < -0.39 is 12.0 Å². The summed E-state index contributed by atoms with van der Waals surface area (Å²) >= 11 is 0. The Morgan fingerprint density at radius 3 is 2.69 bits per heavy atom. The monoisotopic (exact) mass is 218 g/mol. The van der Waals surface area contributed by atoms with E-state index in [0.29, 0.717) is 11.1 Å². The number of hydrogen-bond acceptors (Lipinski definition) is 3. The Bertz CT molecular complexity index is 572. The first-order valence-electron chi connectivity index (χ1n) is 4.62. The minimum atomic E-state index is -0.493. The number of benzene rings is 1. The standard InChI is InChI=1S/C11H10N2O3/c1-16-11(15)13-5-4-7-6-8(10(12)14)2-3-9(7)13/h2-6H,1H3,(H2,12,14). The van der Waals surface area contributed by atoms with Crippen LogP contribution in [-0.2, 0) is 4.74 Å². The van der Waals surface area contributed by atoms with Crippen molar-refractivity contribution in [1.29, 1.82) is 0 Å². The summed E-state index contributed by atoms with van der Waals surface area (Å²) < 4.78 is 5.97. The van der Waals surface area contributed by atoms with Crippen LogP contribution in [0.5, 0.6) is 0 Å². The molecule has 2 rings (SSSR count). The predicted molar refractivity (Wildman–Crippen MR) is 58.3 cm³/mol. The van der Waals surface area contributed by atoms with E-state index >= 15 is 0 Å². The zero-order valence-electron chi connectivity index (χ0n) is 8.64. The van der Waals surface area contributed by atoms with Gasteiger partial charge >= 0.3 is 6.09 Å². The average Bonchev–Trinajstić information content (AvgIpc) is 2.70. The molecule has 0 atom stereocenters. The van der Waals surface area contributed by atoms with Crippen molar-refractivity contribution in [2.24, 2.45) is 5.73 Å². The van der Waals surface area contributed by atoms with E-state index in [4.69, 9.17) is 5.73 Å². The molecule has 5 nitrogen and oxygen atoms in total. The summed E-state index contributed by atoms with van der Waals surface area (Å²) in [5.74, 6) is -0.493. The van der Waals surface area contributed by atoms with Gasteiger partial charge in [-0.3, -0.25) is 9.36 Å². The van der Waals surface area contributed by atoms with Crippen molar-refractivity contribution < 1.29 is 14.3 Å². The van der Waals surface area contributed by atoms with Crippen molar-refractivity contribution in [2.45, 2.75) is 0 Å². The summed E-state index contributed by atoms with van der Waals surface area (Å²) in [4.78, 5) is 22.3. The lowest BCUT2D eigenvalue weighted by Gasteiger charge is -2.02. The Balaban J connectivity index is 2.59. The van der Waals surface area contributed by atoms with E-state index in [1.54, 1.807) is 30.5 Å². The van der Waals surface area contributed by atoms with Crippen molar-refractivity contribution in [3.63, 3.8) is 0 Å². The van der Waals surface area contributed by atoms with Gasteiger partial charge in [0.1, 0.15) is 0 Å². The largest absolute Gasteiger partial charge is 0.452 e. The van der Waals surface area contributed by atoms with Gasteiger partial charge in [0, 0.05) is 17.1 Å². The van der Waals surface area contributed by atoms with Crippen LogP contribution in [0.3, 0.4) is 0 Å². The van der Waals surface area contributed by atoms with Crippen LogP contribution in [0.25, 0.3) is 10.9 Å². The summed E-state index contributed by atoms with van der Waals surface area (Å²) in [5, 5.41) is 0.765. The SMILES string of the molecule is COC(=O)n1ccc2cc(C(N)=O)ccc21. The minimum absolute atomic E-state index is 0.412. The molecule has 0 unspecified atom stereocenters. The third kappa shape index (κ3) is 1.52. The molecule has 1 aromatic carbocycles. The van der Waals surface area contributed by atoms with E-state index in [1.165, 1.54) is 11.7 Å². The van der Waals surface area contributed by atoms with Gasteiger partial charge in [-0.25, -0.2) is 4.79 Å². The molecule has 0 aliphatic carbocycles. The number of hydrogen-bond donors (Lipinski definition) is 1. The fourth-order valence-corrected chi connectivity index (χ4v) is 1.55. The summed E-state index contributed by atoms with van der Waals surface area (Å²) in [6.07, 6.45) is 1.11. The van der Waals surface area contributed by atoms with Crippen LogP contribution >= 0.6 is 0 Å². The summed E-state index contributed by atoms with van der Waals surface area (Å²) in [7, 11) is 1.31. The molecular formula is C11H10N2O3. The lowest BCUT2D eigenvalue weighted by Crippen LogP contribution is -2.11. The number of amides is 1. The van der Waals surface area contributed by atoms with Crippen LogP contribution in [0.1, 0.15) is 10.4 Å². The number of nitrogens with zero attached hydrogens (tertiary/aromatic N) is 1. The number of ether oxygens (including phenoxy) is 1. The molecule has 0 aliphatic heterocycles. The molecule has 0 bridgehead atoms. The van der Waals surface area contributed by atoms with Crippen LogP contribution in [0.2, 0.25) is 0 Å². The molecule has 0 saturated carbocycles. The van der Waals surface area contributed by atoms with Gasteiger partial charge in [-0.15, -0.1) is 0 Å². The van der Waals surface area contributed by atoms with Crippen molar-refractivity contribution in [1.82, 2.24) is 4.57 Å². The molecular weight excluding hydrogens is 208 g/mol. The maximum absolute atomic E-state index is 11.4. The van der Waals surface area contributed by atoms with Crippen LogP contribution < -0.4 is 5.73 Å². The maximum atomic E-state index is 11.4. The molecule has 0 fully saturated rings. The van der Waals surface area contributed by atoms with E-state index in [2.05, 4.69) is 4.74 Å². The highest BCUT2D eigenvalue weighted by Crippen LogP contribution is 2.17. The van der Waals surface area contributed by atoms with Crippen molar-refractivity contribution >= 4 is 22.9 Å². The molecule has 5 heteroatoms. The quantitative estimate of drug-likeness (QED) is 0.785. The summed E-state index contributed by atoms with van der Waals surface area (Å²) in [5.41, 5.74) is 6.25. The first-order valence-corrected chi connectivity index (χ1v) is 4.62. The van der Waals surface area contributed by atoms with Gasteiger partial charge in [0.15, 0.2) is 0 Å². The van der Waals surface area contributed by atoms with E-state index in [9.17, 15) is 9.59 Å². The molecule has 2 N–H and O–H groups in total. The second-order valence-corrected chi connectivity index (χ2v) is 3.29. The zero-order chi connectivity index (χ0) is 11.7. The first-order chi connectivity index (χ1) is 7.63. The fraction of sp³-hybridized carbons (Fsp3) is 0.0909. The number of aromatic nitrogens is 1. The minimum Gasteiger partial charge on any atom is -0.452 e. The second kappa shape index (κ2) is 3.69. The lowest BCUT2D eigenvalue weighted by atomic mass is 10.1. The van der Waals surface area contributed by atoms with Crippen LogP contribution in [0.15, 0.2) is 30.5 Å². The van der Waals surface area contributed by atoms with Crippen molar-refractivity contribution in [2.75, 3.05) is 7.11 Å². The number of rotatable bonds is 1. The van der Waals surface area contributed by atoms with Crippen molar-refractivity contribution in [3.05, 3.63) is 36.0 Å². The Morgan fingerprint density at radius 1 is 1.31 bits per heavy atom. The van der Waals surface area contributed by atoms with Crippen LogP contribution in [0.4, 0.5) is 4.79 Å². The van der Waals surface area contributed by atoms with Crippen LogP contribution in [0, 0.1) is 0 Å². The lowest BCUT2D eigenvalue weighted by molar-refractivity contribution is 0.100. The molecule has 0 spiro atoms. The average molecular weight is 218 g/mol. The Labute approximate surface area is 91.4 Å². The maximum Gasteiger partial charge on any atom is 0.418 e. The number of nitrogens with two attached hydrogens (primary N) is 1. The summed E-state index contributed by atoms with van der Waals surface area (Å²) in [6.45, 7) is 0. The highest BCUT2D eigenvalue weighted by molar-refractivity contribution is 5.98. The zero-order valence-corrected chi connectivity index (χ0v) is 8.64. The predicted octanol–water partition coefficient (Wildman–Crippen LogP) is 1.35. The van der Waals surface area contributed by atoms with Crippen LogP contribution in [-0.4, -0.2) is 23.7 Å². The van der Waals surface area contributed by atoms with Gasteiger partial charge in [-0.1, -0.05) is 0 Å². The molecule has 2 aromatic rings. The van der Waals surface area contributed by atoms with E-state index in [-0.39, 0.29) is 0 Å². The normalized spacial score (nSPS) is 10.3. The third-order valence-corrected chi connectivity index (χ3v) is 2.35. The highest BCUT2D eigenvalue weighted by Gasteiger charge is 2.09. The number of fused-ring (bicyclic) bond motifs is 1. The van der Waals surface area contributed by atoms with Crippen molar-refractivity contribution in [3.8, 4) is 0 Å². The number of carbonyl (C=O) groups excluding carboxylic acids is 2. The van der Waals surface area contributed by atoms with Gasteiger partial charge in [-0.2, -0.15) is 0 Å². The Kier molecular flexibility index (Phi) is 2.36. The second-order valence-electron chi connectivity index (χ2n) is 3.29. The highest BCUT2D eigenvalue weighted by atomic mass is 16.5. The molecule has 1 amide bonds. The van der Waals surface area contributed by atoms with Gasteiger partial charge in [0.2, 0.25) is 5.91 Å². The molecule has 1 heterocycles. The van der Waals surface area contributed by atoms with Gasteiger partial charge in [0.05, 0.1) is 12.6 Å². The molecule has 82 valence electrons. The summed E-state index contributed by atoms with van der Waals surface area (Å²) in [6, 6.07) is 6.59.